The van der Waals surface area contributed by atoms with Gasteiger partial charge in [-0.2, -0.15) is 8.75 Å². The molecule has 1 atom stereocenters. The standard InChI is InChI=1S/C34H38N2O8S/c1-18(2)41-29-14-21(15-30(42-19(3)4)32(29)43-20(5)6)13-24-31(22-9-11-25-26(16-22)36-45-35-25)33(37)44-34(24,38)23-10-12-27(39-7)28(17-23)40-8/h9-12,14-20,38H,13H2,1-8H3. The van der Waals surface area contributed by atoms with E-state index >= 15 is 0 Å². The van der Waals surface area contributed by atoms with Crippen molar-refractivity contribution in [1.29, 1.82) is 0 Å². The third-order valence-electron chi connectivity index (χ3n) is 7.01. The predicted octanol–water partition coefficient (Wildman–Crippen LogP) is 6.47. The molecule has 0 bridgehead atoms. The van der Waals surface area contributed by atoms with Gasteiger partial charge in [-0.15, -0.1) is 0 Å². The highest BCUT2D eigenvalue weighted by Crippen LogP contribution is 2.48. The van der Waals surface area contributed by atoms with Gasteiger partial charge in [0.15, 0.2) is 23.0 Å². The summed E-state index contributed by atoms with van der Waals surface area (Å²) >= 11 is 1.08. The maximum absolute atomic E-state index is 13.7. The molecule has 2 heterocycles. The van der Waals surface area contributed by atoms with Crippen LogP contribution in [0, 0.1) is 0 Å². The molecule has 45 heavy (non-hydrogen) atoms. The van der Waals surface area contributed by atoms with Crippen LogP contribution in [0.5, 0.6) is 28.7 Å². The second kappa shape index (κ2) is 12.9. The lowest BCUT2D eigenvalue weighted by Gasteiger charge is -2.27. The summed E-state index contributed by atoms with van der Waals surface area (Å²) in [6, 6.07) is 13.9. The van der Waals surface area contributed by atoms with Crippen molar-refractivity contribution in [3.05, 3.63) is 70.8 Å². The number of hydrogen-bond donors (Lipinski definition) is 1. The quantitative estimate of drug-likeness (QED) is 0.174. The van der Waals surface area contributed by atoms with Crippen molar-refractivity contribution in [2.45, 2.75) is 72.1 Å². The highest BCUT2D eigenvalue weighted by atomic mass is 32.1. The normalized spacial score (nSPS) is 16.6. The van der Waals surface area contributed by atoms with Crippen molar-refractivity contribution >= 4 is 34.3 Å². The molecule has 0 saturated carbocycles. The van der Waals surface area contributed by atoms with Gasteiger partial charge in [0.1, 0.15) is 11.0 Å². The lowest BCUT2D eigenvalue weighted by Crippen LogP contribution is -2.30. The summed E-state index contributed by atoms with van der Waals surface area (Å²) in [4.78, 5) is 13.7. The number of cyclic esters (lactones) is 1. The number of ether oxygens (including phenoxy) is 6. The molecular weight excluding hydrogens is 596 g/mol. The fourth-order valence-electron chi connectivity index (χ4n) is 5.23. The number of nitrogens with zero attached hydrogens (tertiary/aromatic N) is 2. The van der Waals surface area contributed by atoms with Gasteiger partial charge in [-0.3, -0.25) is 0 Å². The molecule has 0 radical (unpaired) electrons. The minimum atomic E-state index is -2.13. The Morgan fingerprint density at radius 1 is 0.778 bits per heavy atom. The summed E-state index contributed by atoms with van der Waals surface area (Å²) in [6.45, 7) is 11.6. The van der Waals surface area contributed by atoms with Crippen LogP contribution in [0.25, 0.3) is 16.6 Å². The SMILES string of the molecule is COc1ccc(C2(O)OC(=O)C(c3ccc4nsnc4c3)=C2Cc2cc(OC(C)C)c(OC(C)C)c(OC(C)C)c2)cc1OC. The van der Waals surface area contributed by atoms with Crippen molar-refractivity contribution in [1.82, 2.24) is 8.75 Å². The minimum absolute atomic E-state index is 0.101. The van der Waals surface area contributed by atoms with Gasteiger partial charge >= 0.3 is 5.97 Å². The van der Waals surface area contributed by atoms with Crippen molar-refractivity contribution in [2.24, 2.45) is 0 Å². The molecule has 1 unspecified atom stereocenters. The molecule has 11 heteroatoms. The maximum Gasteiger partial charge on any atom is 0.342 e. The second-order valence-electron chi connectivity index (χ2n) is 11.5. The van der Waals surface area contributed by atoms with Crippen LogP contribution in [-0.4, -0.2) is 52.4 Å². The molecule has 0 spiro atoms. The van der Waals surface area contributed by atoms with E-state index in [0.29, 0.717) is 62.0 Å². The minimum Gasteiger partial charge on any atom is -0.493 e. The van der Waals surface area contributed by atoms with E-state index in [1.807, 2.05) is 53.7 Å². The van der Waals surface area contributed by atoms with Crippen LogP contribution < -0.4 is 23.7 Å². The average molecular weight is 635 g/mol. The highest BCUT2D eigenvalue weighted by molar-refractivity contribution is 7.00. The van der Waals surface area contributed by atoms with Gasteiger partial charge in [-0.1, -0.05) is 6.07 Å². The lowest BCUT2D eigenvalue weighted by molar-refractivity contribution is -0.185. The van der Waals surface area contributed by atoms with E-state index in [1.165, 1.54) is 14.2 Å². The Kier molecular flexibility index (Phi) is 9.22. The molecule has 0 fully saturated rings. The molecule has 1 N–H and O–H groups in total. The maximum atomic E-state index is 13.7. The van der Waals surface area contributed by atoms with Crippen molar-refractivity contribution in [3.63, 3.8) is 0 Å². The number of esters is 1. The Labute approximate surface area is 266 Å². The fourth-order valence-corrected chi connectivity index (χ4v) is 5.75. The largest absolute Gasteiger partial charge is 0.493 e. The van der Waals surface area contributed by atoms with Crippen LogP contribution in [0.1, 0.15) is 58.2 Å². The van der Waals surface area contributed by atoms with Gasteiger partial charge in [0.2, 0.25) is 5.75 Å². The zero-order valence-corrected chi connectivity index (χ0v) is 27.5. The number of methoxy groups -OCH3 is 2. The summed E-state index contributed by atoms with van der Waals surface area (Å²) in [5, 5.41) is 12.3. The number of aromatic nitrogens is 2. The zero-order valence-electron chi connectivity index (χ0n) is 26.7. The third kappa shape index (κ3) is 6.55. The zero-order chi connectivity index (χ0) is 32.5. The van der Waals surface area contributed by atoms with E-state index in [1.54, 1.807) is 36.4 Å². The molecule has 1 aliphatic rings. The Morgan fingerprint density at radius 2 is 1.40 bits per heavy atom. The summed E-state index contributed by atoms with van der Waals surface area (Å²) in [7, 11) is 3.02. The third-order valence-corrected chi connectivity index (χ3v) is 7.57. The number of benzene rings is 3. The lowest BCUT2D eigenvalue weighted by atomic mass is 9.87. The van der Waals surface area contributed by atoms with Crippen molar-refractivity contribution in [3.8, 4) is 28.7 Å². The molecule has 3 aromatic carbocycles. The van der Waals surface area contributed by atoms with Crippen molar-refractivity contribution in [2.75, 3.05) is 14.2 Å². The first kappa shape index (κ1) is 32.1. The van der Waals surface area contributed by atoms with E-state index in [4.69, 9.17) is 28.4 Å². The molecule has 1 aromatic heterocycles. The van der Waals surface area contributed by atoms with Crippen LogP contribution in [0.4, 0.5) is 0 Å². The van der Waals surface area contributed by atoms with Gasteiger partial charge in [0, 0.05) is 17.6 Å². The smallest absolute Gasteiger partial charge is 0.342 e. The number of aliphatic hydroxyl groups is 1. The molecule has 4 aromatic rings. The predicted molar refractivity (Wildman–Crippen MR) is 171 cm³/mol. The van der Waals surface area contributed by atoms with Gasteiger partial charge in [0.05, 0.1) is 49.8 Å². The molecule has 0 saturated heterocycles. The molecule has 10 nitrogen and oxygen atoms in total. The first-order chi connectivity index (χ1) is 21.4. The molecule has 0 amide bonds. The van der Waals surface area contributed by atoms with E-state index in [2.05, 4.69) is 8.75 Å². The van der Waals surface area contributed by atoms with E-state index < -0.39 is 11.8 Å². The number of carbonyl (C=O) groups is 1. The van der Waals surface area contributed by atoms with E-state index in [0.717, 1.165) is 11.7 Å². The first-order valence-corrected chi connectivity index (χ1v) is 15.5. The van der Waals surface area contributed by atoms with Gasteiger partial charge in [0.25, 0.3) is 5.79 Å². The van der Waals surface area contributed by atoms with Crippen LogP contribution in [-0.2, 0) is 21.7 Å². The Bertz CT molecular complexity index is 1710. The van der Waals surface area contributed by atoms with Crippen molar-refractivity contribution < 1.29 is 38.3 Å². The van der Waals surface area contributed by atoms with Crippen LogP contribution in [0.3, 0.4) is 0 Å². The first-order valence-electron chi connectivity index (χ1n) is 14.7. The van der Waals surface area contributed by atoms with E-state index in [-0.39, 0.29) is 30.3 Å². The number of rotatable bonds is 12. The Morgan fingerprint density at radius 3 is 2.00 bits per heavy atom. The second-order valence-corrected chi connectivity index (χ2v) is 12.1. The fraction of sp³-hybridized carbons (Fsp3) is 0.382. The molecule has 1 aliphatic heterocycles. The van der Waals surface area contributed by atoms with Crippen LogP contribution in [0.2, 0.25) is 0 Å². The summed E-state index contributed by atoms with van der Waals surface area (Å²) in [6.07, 6.45) is -0.352. The van der Waals surface area contributed by atoms with E-state index in [9.17, 15) is 9.90 Å². The Balaban J connectivity index is 1.73. The molecule has 0 aliphatic carbocycles. The van der Waals surface area contributed by atoms with Gasteiger partial charge in [-0.25, -0.2) is 4.79 Å². The molecule has 238 valence electrons. The van der Waals surface area contributed by atoms with Gasteiger partial charge < -0.3 is 33.5 Å². The summed E-state index contributed by atoms with van der Waals surface area (Å²) < 4.78 is 44.0. The van der Waals surface area contributed by atoms with Gasteiger partial charge in [-0.05, 0) is 95.1 Å². The molecule has 5 rings (SSSR count). The number of hydrogen-bond acceptors (Lipinski definition) is 11. The molecular formula is C34H38N2O8S. The van der Waals surface area contributed by atoms with Crippen LogP contribution >= 0.6 is 11.7 Å². The number of fused-ring (bicyclic) bond motifs is 1. The Hall–Kier alpha value is -4.35. The monoisotopic (exact) mass is 634 g/mol. The summed E-state index contributed by atoms with van der Waals surface area (Å²) in [5.41, 5.74) is 3.44. The summed E-state index contributed by atoms with van der Waals surface area (Å²) in [5.74, 6) is -0.506. The average Bonchev–Trinajstić information content (AvgIpc) is 3.55. The topological polar surface area (TPSA) is 118 Å². The van der Waals surface area contributed by atoms with Crippen LogP contribution in [0.15, 0.2) is 54.1 Å². The highest BCUT2D eigenvalue weighted by Gasteiger charge is 2.48. The number of carbonyl (C=O) groups excluding carboxylic acids is 1.